The Kier molecular flexibility index (Phi) is 4.90. The molecule has 2 rings (SSSR count). The number of nitrogens with one attached hydrogen (secondary N) is 1. The van der Waals surface area contributed by atoms with Crippen molar-refractivity contribution >= 4 is 11.6 Å². The van der Waals surface area contributed by atoms with Crippen LogP contribution in [0.1, 0.15) is 47.7 Å². The average Bonchev–Trinajstić information content (AvgIpc) is 2.54. The van der Waals surface area contributed by atoms with Crippen LogP contribution in [-0.4, -0.2) is 5.91 Å². The third-order valence-electron chi connectivity index (χ3n) is 3.70. The second kappa shape index (κ2) is 6.86. The van der Waals surface area contributed by atoms with Crippen molar-refractivity contribution < 1.29 is 9.18 Å². The van der Waals surface area contributed by atoms with Gasteiger partial charge in [-0.2, -0.15) is 5.26 Å². The second-order valence-electron chi connectivity index (χ2n) is 5.16. The van der Waals surface area contributed by atoms with Gasteiger partial charge in [0.05, 0.1) is 17.2 Å². The van der Waals surface area contributed by atoms with Crippen LogP contribution in [0.5, 0.6) is 0 Å². The third kappa shape index (κ3) is 3.32. The number of benzene rings is 2. The summed E-state index contributed by atoms with van der Waals surface area (Å²) in [6, 6.07) is 13.2. The molecule has 22 heavy (non-hydrogen) atoms. The van der Waals surface area contributed by atoms with E-state index in [0.29, 0.717) is 11.6 Å². The summed E-state index contributed by atoms with van der Waals surface area (Å²) in [7, 11) is 0. The summed E-state index contributed by atoms with van der Waals surface area (Å²) in [5, 5.41) is 11.5. The fourth-order valence-electron chi connectivity index (χ4n) is 2.22. The van der Waals surface area contributed by atoms with Gasteiger partial charge in [-0.05, 0) is 42.2 Å². The van der Waals surface area contributed by atoms with Gasteiger partial charge in [-0.3, -0.25) is 4.79 Å². The van der Waals surface area contributed by atoms with E-state index in [1.807, 2.05) is 24.3 Å². The van der Waals surface area contributed by atoms with E-state index < -0.39 is 11.7 Å². The zero-order valence-corrected chi connectivity index (χ0v) is 12.6. The topological polar surface area (TPSA) is 52.9 Å². The van der Waals surface area contributed by atoms with E-state index in [1.54, 1.807) is 6.07 Å². The summed E-state index contributed by atoms with van der Waals surface area (Å²) in [6.07, 6.45) is 0.943. The number of anilines is 1. The molecule has 0 aliphatic rings. The first kappa shape index (κ1) is 15.7. The van der Waals surface area contributed by atoms with E-state index in [-0.39, 0.29) is 11.1 Å². The van der Waals surface area contributed by atoms with E-state index >= 15 is 0 Å². The van der Waals surface area contributed by atoms with Crippen LogP contribution in [0.3, 0.4) is 0 Å². The van der Waals surface area contributed by atoms with Gasteiger partial charge in [-0.1, -0.05) is 32.0 Å². The molecule has 1 N–H and O–H groups in total. The van der Waals surface area contributed by atoms with Crippen molar-refractivity contribution in [2.75, 3.05) is 5.32 Å². The van der Waals surface area contributed by atoms with E-state index in [1.165, 1.54) is 12.1 Å². The molecule has 0 aromatic heterocycles. The Hall–Kier alpha value is -2.67. The van der Waals surface area contributed by atoms with E-state index in [2.05, 4.69) is 19.2 Å². The lowest BCUT2D eigenvalue weighted by atomic mass is 9.96. The first-order chi connectivity index (χ1) is 10.6. The minimum absolute atomic E-state index is 0.0713. The quantitative estimate of drug-likeness (QED) is 0.905. The maximum absolute atomic E-state index is 13.9. The van der Waals surface area contributed by atoms with Crippen molar-refractivity contribution in [1.82, 2.24) is 0 Å². The molecule has 0 aliphatic carbocycles. The molecule has 2 aromatic carbocycles. The van der Waals surface area contributed by atoms with Crippen LogP contribution in [0.15, 0.2) is 42.5 Å². The number of hydrogen-bond acceptors (Lipinski definition) is 2. The molecule has 0 fully saturated rings. The van der Waals surface area contributed by atoms with Gasteiger partial charge in [0.25, 0.3) is 5.91 Å². The van der Waals surface area contributed by atoms with Crippen LogP contribution in [0.4, 0.5) is 10.1 Å². The zero-order chi connectivity index (χ0) is 16.1. The molecule has 0 unspecified atom stereocenters. The fourth-order valence-corrected chi connectivity index (χ4v) is 2.22. The van der Waals surface area contributed by atoms with Gasteiger partial charge in [0, 0.05) is 5.69 Å². The lowest BCUT2D eigenvalue weighted by molar-refractivity contribution is 0.102. The molecule has 112 valence electrons. The fraction of sp³-hybridized carbons (Fsp3) is 0.222. The van der Waals surface area contributed by atoms with Crippen LogP contribution in [0, 0.1) is 17.1 Å². The number of nitrogens with zero attached hydrogens (tertiary/aromatic N) is 1. The molecule has 0 radical (unpaired) electrons. The average molecular weight is 296 g/mol. The van der Waals surface area contributed by atoms with Gasteiger partial charge in [0.1, 0.15) is 5.82 Å². The summed E-state index contributed by atoms with van der Waals surface area (Å²) in [4.78, 5) is 12.3. The standard InChI is InChI=1S/C18H17FN2O/c1-3-12(2)14-6-4-5-7-17(14)21-18(22)15-9-8-13(11-20)10-16(15)19/h4-10,12H,3H2,1-2H3,(H,21,22)/t12-/m1/s1. The number of carbonyl (C=O) groups excluding carboxylic acids is 1. The lowest BCUT2D eigenvalue weighted by Crippen LogP contribution is -2.15. The zero-order valence-electron chi connectivity index (χ0n) is 12.6. The molecule has 4 heteroatoms. The molecular weight excluding hydrogens is 279 g/mol. The highest BCUT2D eigenvalue weighted by Crippen LogP contribution is 2.27. The number of halogens is 1. The highest BCUT2D eigenvalue weighted by atomic mass is 19.1. The Bertz CT molecular complexity index is 734. The Morgan fingerprint density at radius 1 is 1.32 bits per heavy atom. The first-order valence-corrected chi connectivity index (χ1v) is 7.16. The van der Waals surface area contributed by atoms with Crippen molar-refractivity contribution in [1.29, 1.82) is 5.26 Å². The Morgan fingerprint density at radius 3 is 2.68 bits per heavy atom. The van der Waals surface area contributed by atoms with Crippen molar-refractivity contribution in [3.05, 3.63) is 65.0 Å². The number of carbonyl (C=O) groups is 1. The van der Waals surface area contributed by atoms with Crippen LogP contribution in [0.2, 0.25) is 0 Å². The van der Waals surface area contributed by atoms with Gasteiger partial charge in [-0.25, -0.2) is 4.39 Å². The summed E-state index contributed by atoms with van der Waals surface area (Å²) < 4.78 is 13.9. The normalized spacial score (nSPS) is 11.5. The SMILES string of the molecule is CC[C@@H](C)c1ccccc1NC(=O)c1ccc(C#N)cc1F. The van der Waals surface area contributed by atoms with Crippen LogP contribution < -0.4 is 5.32 Å². The summed E-state index contributed by atoms with van der Waals surface area (Å²) in [5.74, 6) is -0.919. The minimum Gasteiger partial charge on any atom is -0.322 e. The largest absolute Gasteiger partial charge is 0.322 e. The van der Waals surface area contributed by atoms with Gasteiger partial charge in [0.2, 0.25) is 0 Å². The Morgan fingerprint density at radius 2 is 2.05 bits per heavy atom. The third-order valence-corrected chi connectivity index (χ3v) is 3.70. The smallest absolute Gasteiger partial charge is 0.258 e. The Balaban J connectivity index is 2.28. The van der Waals surface area contributed by atoms with E-state index in [4.69, 9.17) is 5.26 Å². The molecule has 2 aromatic rings. The molecule has 0 saturated heterocycles. The predicted octanol–water partition coefficient (Wildman–Crippen LogP) is 4.46. The maximum Gasteiger partial charge on any atom is 0.258 e. The Labute approximate surface area is 129 Å². The van der Waals surface area contributed by atoms with Crippen LogP contribution in [0.25, 0.3) is 0 Å². The summed E-state index contributed by atoms with van der Waals surface area (Å²) in [6.45, 7) is 4.15. The molecule has 1 amide bonds. The molecule has 3 nitrogen and oxygen atoms in total. The number of para-hydroxylation sites is 1. The van der Waals surface area contributed by atoms with Crippen LogP contribution >= 0.6 is 0 Å². The van der Waals surface area contributed by atoms with Gasteiger partial charge in [-0.15, -0.1) is 0 Å². The lowest BCUT2D eigenvalue weighted by Gasteiger charge is -2.15. The van der Waals surface area contributed by atoms with Crippen molar-refractivity contribution in [2.24, 2.45) is 0 Å². The molecule has 0 aliphatic heterocycles. The predicted molar refractivity (Wildman–Crippen MR) is 84.2 cm³/mol. The van der Waals surface area contributed by atoms with Crippen LogP contribution in [-0.2, 0) is 0 Å². The maximum atomic E-state index is 13.9. The molecular formula is C18H17FN2O. The molecule has 1 atom stereocenters. The van der Waals surface area contributed by atoms with Crippen molar-refractivity contribution in [3.63, 3.8) is 0 Å². The highest BCUT2D eigenvalue weighted by molar-refractivity contribution is 6.05. The van der Waals surface area contributed by atoms with Crippen molar-refractivity contribution in [3.8, 4) is 6.07 Å². The van der Waals surface area contributed by atoms with Gasteiger partial charge < -0.3 is 5.32 Å². The summed E-state index contributed by atoms with van der Waals surface area (Å²) in [5.41, 5.74) is 1.82. The van der Waals surface area contributed by atoms with E-state index in [0.717, 1.165) is 18.1 Å². The second-order valence-corrected chi connectivity index (χ2v) is 5.16. The van der Waals surface area contributed by atoms with Gasteiger partial charge >= 0.3 is 0 Å². The number of hydrogen-bond donors (Lipinski definition) is 1. The summed E-state index contributed by atoms with van der Waals surface area (Å²) >= 11 is 0. The number of rotatable bonds is 4. The molecule has 0 spiro atoms. The van der Waals surface area contributed by atoms with E-state index in [9.17, 15) is 9.18 Å². The van der Waals surface area contributed by atoms with Crippen molar-refractivity contribution in [2.45, 2.75) is 26.2 Å². The minimum atomic E-state index is -0.697. The molecule has 0 bridgehead atoms. The van der Waals surface area contributed by atoms with Gasteiger partial charge in [0.15, 0.2) is 0 Å². The molecule has 0 saturated carbocycles. The monoisotopic (exact) mass is 296 g/mol. The molecule has 0 heterocycles. The number of nitriles is 1. The number of amides is 1. The first-order valence-electron chi connectivity index (χ1n) is 7.16. The highest BCUT2D eigenvalue weighted by Gasteiger charge is 2.15.